The van der Waals surface area contributed by atoms with E-state index in [2.05, 4.69) is 43.2 Å². The summed E-state index contributed by atoms with van der Waals surface area (Å²) in [5.41, 5.74) is 1.07. The number of hydrogen-bond acceptors (Lipinski definition) is 4. The van der Waals surface area contributed by atoms with Crippen molar-refractivity contribution >= 4 is 35.6 Å². The van der Waals surface area contributed by atoms with Crippen LogP contribution in [0.15, 0.2) is 29.3 Å². The minimum atomic E-state index is -0.381. The number of non-ortho nitro benzene ring substituents is 1. The predicted octanol–water partition coefficient (Wildman–Crippen LogP) is 3.78. The van der Waals surface area contributed by atoms with Gasteiger partial charge < -0.3 is 15.5 Å². The Morgan fingerprint density at radius 2 is 1.82 bits per heavy atom. The van der Waals surface area contributed by atoms with Gasteiger partial charge in [-0.15, -0.1) is 24.0 Å². The molecule has 0 atom stereocenters. The normalized spacial score (nSPS) is 16.1. The van der Waals surface area contributed by atoms with Crippen LogP contribution in [0.5, 0.6) is 0 Å². The number of nitrogens with one attached hydrogen (secondary N) is 2. The fraction of sp³-hybridized carbons (Fsp3) is 0.650. The molecule has 2 rings (SSSR count). The van der Waals surface area contributed by atoms with E-state index in [1.807, 2.05) is 0 Å². The molecule has 2 N–H and O–H groups in total. The van der Waals surface area contributed by atoms with Crippen molar-refractivity contribution < 1.29 is 4.92 Å². The SMILES string of the molecule is CC(C)CNC(=NCc1ccc([N+](=O)[O-])cc1)NC1CCN(C(C)C)CC1.I. The van der Waals surface area contributed by atoms with Gasteiger partial charge in [-0.05, 0) is 38.2 Å². The first kappa shape index (κ1) is 24.6. The van der Waals surface area contributed by atoms with Gasteiger partial charge in [0.25, 0.3) is 5.69 Å². The molecule has 1 aliphatic heterocycles. The molecule has 1 saturated heterocycles. The van der Waals surface area contributed by atoms with Crippen molar-refractivity contribution in [3.8, 4) is 0 Å². The van der Waals surface area contributed by atoms with Crippen LogP contribution in [0.3, 0.4) is 0 Å². The maximum absolute atomic E-state index is 10.8. The summed E-state index contributed by atoms with van der Waals surface area (Å²) in [5, 5.41) is 17.8. The van der Waals surface area contributed by atoms with E-state index in [1.54, 1.807) is 12.1 Å². The number of aliphatic imine (C=N–C) groups is 1. The van der Waals surface area contributed by atoms with Gasteiger partial charge in [0.15, 0.2) is 5.96 Å². The number of nitro groups is 1. The van der Waals surface area contributed by atoms with Crippen LogP contribution in [0.25, 0.3) is 0 Å². The first-order valence-corrected chi connectivity index (χ1v) is 9.87. The van der Waals surface area contributed by atoms with E-state index in [9.17, 15) is 10.1 Å². The number of benzene rings is 1. The highest BCUT2D eigenvalue weighted by molar-refractivity contribution is 14.0. The Morgan fingerprint density at radius 1 is 1.21 bits per heavy atom. The van der Waals surface area contributed by atoms with Crippen molar-refractivity contribution in [3.05, 3.63) is 39.9 Å². The summed E-state index contributed by atoms with van der Waals surface area (Å²) < 4.78 is 0. The number of halogens is 1. The summed E-state index contributed by atoms with van der Waals surface area (Å²) in [6.45, 7) is 12.4. The van der Waals surface area contributed by atoms with Gasteiger partial charge in [-0.2, -0.15) is 0 Å². The summed E-state index contributed by atoms with van der Waals surface area (Å²) >= 11 is 0. The number of piperidine rings is 1. The third kappa shape index (κ3) is 8.30. The zero-order valence-electron chi connectivity index (χ0n) is 17.4. The van der Waals surface area contributed by atoms with Crippen LogP contribution in [-0.2, 0) is 6.54 Å². The average molecular weight is 503 g/mol. The highest BCUT2D eigenvalue weighted by Crippen LogP contribution is 2.14. The molecule has 1 heterocycles. The summed E-state index contributed by atoms with van der Waals surface area (Å²) in [5.74, 6) is 1.35. The Balaban J connectivity index is 0.00000392. The number of nitrogens with zero attached hydrogens (tertiary/aromatic N) is 3. The molecule has 0 amide bonds. The predicted molar refractivity (Wildman–Crippen MR) is 125 cm³/mol. The standard InChI is InChI=1S/C20H33N5O2.HI/c1-15(2)13-21-20(23-18-9-11-24(12-10-18)16(3)4)22-14-17-5-7-19(8-6-17)25(26)27;/h5-8,15-16,18H,9-14H2,1-4H3,(H2,21,22,23);1H. The van der Waals surface area contributed by atoms with E-state index >= 15 is 0 Å². The fourth-order valence-corrected chi connectivity index (χ4v) is 3.10. The van der Waals surface area contributed by atoms with Gasteiger partial charge in [0.05, 0.1) is 11.5 Å². The third-order valence-corrected chi connectivity index (χ3v) is 4.85. The smallest absolute Gasteiger partial charge is 0.269 e. The number of nitro benzene ring substituents is 1. The maximum atomic E-state index is 10.8. The fourth-order valence-electron chi connectivity index (χ4n) is 3.10. The van der Waals surface area contributed by atoms with Gasteiger partial charge in [-0.25, -0.2) is 4.99 Å². The summed E-state index contributed by atoms with van der Waals surface area (Å²) in [6.07, 6.45) is 2.22. The molecule has 158 valence electrons. The van der Waals surface area contributed by atoms with Crippen molar-refractivity contribution in [2.45, 2.75) is 59.2 Å². The Bertz CT molecular complexity index is 626. The van der Waals surface area contributed by atoms with Crippen molar-refractivity contribution in [1.82, 2.24) is 15.5 Å². The van der Waals surface area contributed by atoms with E-state index in [-0.39, 0.29) is 34.6 Å². The lowest BCUT2D eigenvalue weighted by Gasteiger charge is -2.35. The van der Waals surface area contributed by atoms with Crippen LogP contribution in [0.1, 0.15) is 46.1 Å². The summed E-state index contributed by atoms with van der Waals surface area (Å²) in [6, 6.07) is 7.61. The molecule has 0 saturated carbocycles. The lowest BCUT2D eigenvalue weighted by molar-refractivity contribution is -0.384. The van der Waals surface area contributed by atoms with Crippen molar-refractivity contribution in [2.75, 3.05) is 19.6 Å². The first-order valence-electron chi connectivity index (χ1n) is 9.87. The quantitative estimate of drug-likeness (QED) is 0.195. The zero-order chi connectivity index (χ0) is 19.8. The van der Waals surface area contributed by atoms with Crippen molar-refractivity contribution in [2.24, 2.45) is 10.9 Å². The zero-order valence-corrected chi connectivity index (χ0v) is 19.7. The molecular formula is C20H34IN5O2. The molecule has 8 heteroatoms. The summed E-state index contributed by atoms with van der Waals surface area (Å²) in [7, 11) is 0. The Hall–Kier alpha value is -1.42. The van der Waals surface area contributed by atoms with Crippen LogP contribution in [0, 0.1) is 16.0 Å². The molecule has 0 aliphatic carbocycles. The maximum Gasteiger partial charge on any atom is 0.269 e. The van der Waals surface area contributed by atoms with E-state index in [0.717, 1.165) is 44.0 Å². The molecule has 1 fully saturated rings. The molecule has 0 spiro atoms. The van der Waals surface area contributed by atoms with E-state index in [0.29, 0.717) is 24.5 Å². The highest BCUT2D eigenvalue weighted by Gasteiger charge is 2.21. The number of rotatable bonds is 7. The average Bonchev–Trinajstić information content (AvgIpc) is 2.64. The van der Waals surface area contributed by atoms with E-state index < -0.39 is 0 Å². The Labute approximate surface area is 185 Å². The third-order valence-electron chi connectivity index (χ3n) is 4.85. The first-order chi connectivity index (χ1) is 12.8. The van der Waals surface area contributed by atoms with Gasteiger partial charge >= 0.3 is 0 Å². The monoisotopic (exact) mass is 503 g/mol. The van der Waals surface area contributed by atoms with Crippen molar-refractivity contribution in [1.29, 1.82) is 0 Å². The Morgan fingerprint density at radius 3 is 2.32 bits per heavy atom. The highest BCUT2D eigenvalue weighted by atomic mass is 127. The molecular weight excluding hydrogens is 469 g/mol. The number of guanidine groups is 1. The molecule has 1 aromatic rings. The second-order valence-electron chi connectivity index (χ2n) is 7.91. The minimum Gasteiger partial charge on any atom is -0.356 e. The van der Waals surface area contributed by atoms with Gasteiger partial charge in [-0.3, -0.25) is 10.1 Å². The lowest BCUT2D eigenvalue weighted by atomic mass is 10.0. The Kier molecular flexibility index (Phi) is 10.7. The minimum absolute atomic E-state index is 0. The molecule has 7 nitrogen and oxygen atoms in total. The van der Waals surface area contributed by atoms with Gasteiger partial charge in [0, 0.05) is 43.9 Å². The topological polar surface area (TPSA) is 82.8 Å². The summed E-state index contributed by atoms with van der Waals surface area (Å²) in [4.78, 5) is 17.6. The molecule has 28 heavy (non-hydrogen) atoms. The molecule has 1 aliphatic rings. The van der Waals surface area contributed by atoms with Crippen LogP contribution < -0.4 is 10.6 Å². The van der Waals surface area contributed by atoms with Gasteiger partial charge in [0.2, 0.25) is 0 Å². The van der Waals surface area contributed by atoms with Crippen LogP contribution in [0.4, 0.5) is 5.69 Å². The molecule has 0 radical (unpaired) electrons. The largest absolute Gasteiger partial charge is 0.356 e. The van der Waals surface area contributed by atoms with Crippen LogP contribution >= 0.6 is 24.0 Å². The molecule has 0 aromatic heterocycles. The molecule has 1 aromatic carbocycles. The number of likely N-dealkylation sites (tertiary alicyclic amines) is 1. The van der Waals surface area contributed by atoms with Gasteiger partial charge in [0.1, 0.15) is 0 Å². The van der Waals surface area contributed by atoms with E-state index in [4.69, 9.17) is 4.99 Å². The number of hydrogen-bond donors (Lipinski definition) is 2. The van der Waals surface area contributed by atoms with Gasteiger partial charge in [-0.1, -0.05) is 26.0 Å². The molecule has 0 bridgehead atoms. The lowest BCUT2D eigenvalue weighted by Crippen LogP contribution is -2.50. The second kappa shape index (κ2) is 12.2. The second-order valence-corrected chi connectivity index (χ2v) is 7.91. The molecule has 0 unspecified atom stereocenters. The van der Waals surface area contributed by atoms with Crippen LogP contribution in [-0.4, -0.2) is 47.5 Å². The van der Waals surface area contributed by atoms with Crippen molar-refractivity contribution in [3.63, 3.8) is 0 Å². The van der Waals surface area contributed by atoms with Crippen LogP contribution in [0.2, 0.25) is 0 Å². The van der Waals surface area contributed by atoms with E-state index in [1.165, 1.54) is 12.1 Å².